The lowest BCUT2D eigenvalue weighted by Crippen LogP contribution is -2.06. The van der Waals surface area contributed by atoms with E-state index < -0.39 is 0 Å². The van der Waals surface area contributed by atoms with Crippen molar-refractivity contribution in [1.29, 1.82) is 0 Å². The fourth-order valence-corrected chi connectivity index (χ4v) is 2.47. The fourth-order valence-electron chi connectivity index (χ4n) is 1.47. The highest BCUT2D eigenvalue weighted by atomic mass is 32.2. The molecule has 0 radical (unpaired) electrons. The third-order valence-electron chi connectivity index (χ3n) is 2.26. The SMILES string of the molecule is C[C@@H](N)c1ccccc1Sc1ccccn1. The summed E-state index contributed by atoms with van der Waals surface area (Å²) in [7, 11) is 0. The number of benzene rings is 1. The number of nitrogens with two attached hydrogens (primary N) is 1. The van der Waals surface area contributed by atoms with Gasteiger partial charge >= 0.3 is 0 Å². The highest BCUT2D eigenvalue weighted by Gasteiger charge is 2.07. The topological polar surface area (TPSA) is 38.9 Å². The van der Waals surface area contributed by atoms with E-state index in [1.807, 2.05) is 37.3 Å². The summed E-state index contributed by atoms with van der Waals surface area (Å²) in [6.45, 7) is 2.00. The van der Waals surface area contributed by atoms with E-state index in [9.17, 15) is 0 Å². The summed E-state index contributed by atoms with van der Waals surface area (Å²) < 4.78 is 0. The summed E-state index contributed by atoms with van der Waals surface area (Å²) in [6.07, 6.45) is 1.80. The van der Waals surface area contributed by atoms with Crippen LogP contribution in [0.15, 0.2) is 58.6 Å². The molecule has 0 unspecified atom stereocenters. The van der Waals surface area contributed by atoms with E-state index in [1.54, 1.807) is 18.0 Å². The Kier molecular flexibility index (Phi) is 3.59. The van der Waals surface area contributed by atoms with Crippen molar-refractivity contribution < 1.29 is 0 Å². The van der Waals surface area contributed by atoms with Gasteiger partial charge in [0.05, 0.1) is 0 Å². The van der Waals surface area contributed by atoms with Crippen LogP contribution in [-0.2, 0) is 0 Å². The molecule has 0 fully saturated rings. The minimum Gasteiger partial charge on any atom is -0.324 e. The van der Waals surface area contributed by atoms with Gasteiger partial charge in [-0.1, -0.05) is 36.0 Å². The molecule has 2 nitrogen and oxygen atoms in total. The van der Waals surface area contributed by atoms with Gasteiger partial charge in [-0.15, -0.1) is 0 Å². The summed E-state index contributed by atoms with van der Waals surface area (Å²) in [6, 6.07) is 14.1. The first kappa shape index (κ1) is 11.2. The molecule has 1 aromatic heterocycles. The second kappa shape index (κ2) is 5.14. The zero-order chi connectivity index (χ0) is 11.4. The molecule has 16 heavy (non-hydrogen) atoms. The number of nitrogens with zero attached hydrogens (tertiary/aromatic N) is 1. The third-order valence-corrected chi connectivity index (χ3v) is 3.30. The highest BCUT2D eigenvalue weighted by Crippen LogP contribution is 2.31. The van der Waals surface area contributed by atoms with Crippen molar-refractivity contribution in [3.05, 3.63) is 54.2 Å². The molecule has 0 aliphatic carbocycles. The molecule has 1 aromatic carbocycles. The molecule has 0 saturated heterocycles. The van der Waals surface area contributed by atoms with Gasteiger partial charge in [0.25, 0.3) is 0 Å². The van der Waals surface area contributed by atoms with Gasteiger partial charge < -0.3 is 5.73 Å². The van der Waals surface area contributed by atoms with Crippen LogP contribution < -0.4 is 5.73 Å². The monoisotopic (exact) mass is 230 g/mol. The van der Waals surface area contributed by atoms with E-state index in [0.29, 0.717) is 0 Å². The molecule has 0 saturated carbocycles. The van der Waals surface area contributed by atoms with Gasteiger partial charge in [-0.05, 0) is 30.7 Å². The Morgan fingerprint density at radius 2 is 1.88 bits per heavy atom. The van der Waals surface area contributed by atoms with Gasteiger partial charge in [-0.25, -0.2) is 4.98 Å². The third kappa shape index (κ3) is 2.62. The van der Waals surface area contributed by atoms with E-state index in [4.69, 9.17) is 5.73 Å². The maximum atomic E-state index is 5.93. The van der Waals surface area contributed by atoms with Crippen molar-refractivity contribution in [3.8, 4) is 0 Å². The number of rotatable bonds is 3. The Bertz CT molecular complexity index is 454. The molecule has 3 heteroatoms. The number of pyridine rings is 1. The summed E-state index contributed by atoms with van der Waals surface area (Å²) in [5, 5.41) is 0.996. The first-order valence-electron chi connectivity index (χ1n) is 5.21. The van der Waals surface area contributed by atoms with Crippen LogP contribution in [0.3, 0.4) is 0 Å². The van der Waals surface area contributed by atoms with Crippen molar-refractivity contribution in [2.24, 2.45) is 5.73 Å². The molecule has 1 heterocycles. The van der Waals surface area contributed by atoms with E-state index in [0.717, 1.165) is 10.6 Å². The molecular weight excluding hydrogens is 216 g/mol. The Morgan fingerprint density at radius 3 is 2.56 bits per heavy atom. The standard InChI is InChI=1S/C13H14N2S/c1-10(14)11-6-2-3-7-12(11)16-13-8-4-5-9-15-13/h2-10H,14H2,1H3/t10-/m1/s1. The molecule has 2 rings (SSSR count). The van der Waals surface area contributed by atoms with Crippen molar-refractivity contribution in [1.82, 2.24) is 4.98 Å². The molecule has 0 aliphatic rings. The van der Waals surface area contributed by atoms with E-state index in [2.05, 4.69) is 17.1 Å². The second-order valence-corrected chi connectivity index (χ2v) is 4.66. The van der Waals surface area contributed by atoms with Crippen LogP contribution >= 0.6 is 11.8 Å². The Hall–Kier alpha value is -1.32. The molecule has 0 bridgehead atoms. The first-order chi connectivity index (χ1) is 7.77. The maximum absolute atomic E-state index is 5.93. The van der Waals surface area contributed by atoms with E-state index >= 15 is 0 Å². The molecule has 0 aliphatic heterocycles. The number of aromatic nitrogens is 1. The minimum absolute atomic E-state index is 0.0485. The molecule has 1 atom stereocenters. The smallest absolute Gasteiger partial charge is 0.101 e. The lowest BCUT2D eigenvalue weighted by atomic mass is 10.1. The van der Waals surface area contributed by atoms with Crippen LogP contribution in [0.4, 0.5) is 0 Å². The average Bonchev–Trinajstić information content (AvgIpc) is 2.31. The van der Waals surface area contributed by atoms with Crippen LogP contribution in [0.1, 0.15) is 18.5 Å². The number of hydrogen-bond donors (Lipinski definition) is 1. The van der Waals surface area contributed by atoms with Crippen LogP contribution in [0, 0.1) is 0 Å². The predicted molar refractivity (Wildman–Crippen MR) is 67.4 cm³/mol. The Labute approximate surface area is 99.9 Å². The number of hydrogen-bond acceptors (Lipinski definition) is 3. The molecule has 2 N–H and O–H groups in total. The van der Waals surface area contributed by atoms with Crippen LogP contribution in [-0.4, -0.2) is 4.98 Å². The summed E-state index contributed by atoms with van der Waals surface area (Å²) in [4.78, 5) is 5.47. The second-order valence-electron chi connectivity index (χ2n) is 3.60. The van der Waals surface area contributed by atoms with Crippen LogP contribution in [0.2, 0.25) is 0 Å². The van der Waals surface area contributed by atoms with E-state index in [1.165, 1.54) is 4.90 Å². The largest absolute Gasteiger partial charge is 0.324 e. The van der Waals surface area contributed by atoms with Gasteiger partial charge in [0.2, 0.25) is 0 Å². The fraction of sp³-hybridized carbons (Fsp3) is 0.154. The molecule has 2 aromatic rings. The first-order valence-corrected chi connectivity index (χ1v) is 6.02. The molecule has 82 valence electrons. The molecular formula is C13H14N2S. The summed E-state index contributed by atoms with van der Waals surface area (Å²) in [5.74, 6) is 0. The van der Waals surface area contributed by atoms with Gasteiger partial charge in [0.15, 0.2) is 0 Å². The summed E-state index contributed by atoms with van der Waals surface area (Å²) in [5.41, 5.74) is 7.10. The Morgan fingerprint density at radius 1 is 1.12 bits per heavy atom. The average molecular weight is 230 g/mol. The lowest BCUT2D eigenvalue weighted by molar-refractivity contribution is 0.797. The van der Waals surface area contributed by atoms with Crippen molar-refractivity contribution in [2.45, 2.75) is 22.9 Å². The normalized spacial score (nSPS) is 12.4. The van der Waals surface area contributed by atoms with Crippen molar-refractivity contribution in [2.75, 3.05) is 0 Å². The van der Waals surface area contributed by atoms with Gasteiger partial charge in [-0.2, -0.15) is 0 Å². The van der Waals surface area contributed by atoms with E-state index in [-0.39, 0.29) is 6.04 Å². The predicted octanol–water partition coefficient (Wildman–Crippen LogP) is 3.25. The van der Waals surface area contributed by atoms with Crippen LogP contribution in [0.5, 0.6) is 0 Å². The van der Waals surface area contributed by atoms with Crippen molar-refractivity contribution in [3.63, 3.8) is 0 Å². The van der Waals surface area contributed by atoms with Gasteiger partial charge in [-0.3, -0.25) is 0 Å². The highest BCUT2D eigenvalue weighted by molar-refractivity contribution is 7.99. The Balaban J connectivity index is 2.28. The minimum atomic E-state index is 0.0485. The lowest BCUT2D eigenvalue weighted by Gasteiger charge is -2.11. The van der Waals surface area contributed by atoms with Gasteiger partial charge in [0, 0.05) is 17.1 Å². The maximum Gasteiger partial charge on any atom is 0.101 e. The van der Waals surface area contributed by atoms with Gasteiger partial charge in [0.1, 0.15) is 5.03 Å². The zero-order valence-electron chi connectivity index (χ0n) is 9.13. The molecule has 0 spiro atoms. The van der Waals surface area contributed by atoms with Crippen LogP contribution in [0.25, 0.3) is 0 Å². The summed E-state index contributed by atoms with van der Waals surface area (Å²) >= 11 is 1.65. The molecule has 0 amide bonds. The van der Waals surface area contributed by atoms with Crippen molar-refractivity contribution >= 4 is 11.8 Å². The zero-order valence-corrected chi connectivity index (χ0v) is 9.95. The quantitative estimate of drug-likeness (QED) is 0.879.